The molecule has 0 aliphatic rings. The highest BCUT2D eigenvalue weighted by molar-refractivity contribution is 5.94. The first-order valence-corrected chi connectivity index (χ1v) is 5.34. The molecule has 0 aromatic heterocycles. The molecular formula is C12H18N2O2. The Morgan fingerprint density at radius 1 is 1.50 bits per heavy atom. The molecule has 0 spiro atoms. The molecule has 0 unspecified atom stereocenters. The van der Waals surface area contributed by atoms with Crippen LogP contribution in [0.15, 0.2) is 24.3 Å². The van der Waals surface area contributed by atoms with Gasteiger partial charge in [-0.3, -0.25) is 4.79 Å². The van der Waals surface area contributed by atoms with Crippen LogP contribution in [0.3, 0.4) is 0 Å². The number of ether oxygens (including phenoxy) is 1. The fourth-order valence-electron chi connectivity index (χ4n) is 1.36. The van der Waals surface area contributed by atoms with Crippen molar-refractivity contribution in [3.8, 4) is 0 Å². The minimum atomic E-state index is -0.0635. The standard InChI is InChI=1S/C12H18N2O2/c1-16-7-3-6-14-12(15)11-5-2-4-10(8-11)9-13/h2,4-5,8H,3,6-7,9,13H2,1H3,(H,14,15). The van der Waals surface area contributed by atoms with Crippen LogP contribution in [0.1, 0.15) is 22.3 Å². The van der Waals surface area contributed by atoms with Gasteiger partial charge in [-0.15, -0.1) is 0 Å². The number of rotatable bonds is 6. The summed E-state index contributed by atoms with van der Waals surface area (Å²) >= 11 is 0. The number of carbonyl (C=O) groups is 1. The van der Waals surface area contributed by atoms with E-state index >= 15 is 0 Å². The lowest BCUT2D eigenvalue weighted by atomic mass is 10.1. The largest absolute Gasteiger partial charge is 0.385 e. The minimum absolute atomic E-state index is 0.0635. The average molecular weight is 222 g/mol. The molecule has 0 aliphatic carbocycles. The van der Waals surface area contributed by atoms with Crippen molar-refractivity contribution in [1.29, 1.82) is 0 Å². The van der Waals surface area contributed by atoms with E-state index in [1.165, 1.54) is 0 Å². The number of nitrogens with two attached hydrogens (primary N) is 1. The zero-order chi connectivity index (χ0) is 11.8. The summed E-state index contributed by atoms with van der Waals surface area (Å²) in [6.45, 7) is 1.73. The summed E-state index contributed by atoms with van der Waals surface area (Å²) in [6, 6.07) is 7.34. The van der Waals surface area contributed by atoms with Crippen LogP contribution in [0.25, 0.3) is 0 Å². The van der Waals surface area contributed by atoms with Gasteiger partial charge in [-0.2, -0.15) is 0 Å². The highest BCUT2D eigenvalue weighted by atomic mass is 16.5. The monoisotopic (exact) mass is 222 g/mol. The summed E-state index contributed by atoms with van der Waals surface area (Å²) in [6.07, 6.45) is 0.818. The number of methoxy groups -OCH3 is 1. The maximum atomic E-state index is 11.7. The molecular weight excluding hydrogens is 204 g/mol. The number of nitrogens with one attached hydrogen (secondary N) is 1. The average Bonchev–Trinajstić information content (AvgIpc) is 2.34. The summed E-state index contributed by atoms with van der Waals surface area (Å²) in [4.78, 5) is 11.7. The van der Waals surface area contributed by atoms with Gasteiger partial charge in [0.2, 0.25) is 0 Å². The molecule has 0 bridgehead atoms. The molecule has 1 aromatic carbocycles. The Balaban J connectivity index is 2.46. The maximum absolute atomic E-state index is 11.7. The molecule has 0 saturated carbocycles. The smallest absolute Gasteiger partial charge is 0.251 e. The summed E-state index contributed by atoms with van der Waals surface area (Å²) < 4.78 is 4.90. The molecule has 0 fully saturated rings. The van der Waals surface area contributed by atoms with Crippen molar-refractivity contribution in [2.24, 2.45) is 5.73 Å². The molecule has 1 amide bonds. The Kier molecular flexibility index (Phi) is 5.53. The first kappa shape index (κ1) is 12.7. The second-order valence-electron chi connectivity index (χ2n) is 3.51. The molecule has 0 saturated heterocycles. The zero-order valence-corrected chi connectivity index (χ0v) is 9.53. The molecule has 0 aliphatic heterocycles. The second-order valence-corrected chi connectivity index (χ2v) is 3.51. The van der Waals surface area contributed by atoms with Crippen molar-refractivity contribution in [3.63, 3.8) is 0 Å². The fourth-order valence-corrected chi connectivity index (χ4v) is 1.36. The summed E-state index contributed by atoms with van der Waals surface area (Å²) in [5.41, 5.74) is 7.13. The van der Waals surface area contributed by atoms with Gasteiger partial charge in [0.15, 0.2) is 0 Å². The van der Waals surface area contributed by atoms with Gasteiger partial charge in [-0.25, -0.2) is 0 Å². The van der Waals surface area contributed by atoms with Gasteiger partial charge in [-0.1, -0.05) is 12.1 Å². The molecule has 1 aromatic rings. The molecule has 0 heterocycles. The third-order valence-corrected chi connectivity index (χ3v) is 2.24. The van der Waals surface area contributed by atoms with Gasteiger partial charge >= 0.3 is 0 Å². The zero-order valence-electron chi connectivity index (χ0n) is 9.53. The van der Waals surface area contributed by atoms with E-state index in [2.05, 4.69) is 5.32 Å². The lowest BCUT2D eigenvalue weighted by Gasteiger charge is -2.05. The fraction of sp³-hybridized carbons (Fsp3) is 0.417. The minimum Gasteiger partial charge on any atom is -0.385 e. The van der Waals surface area contributed by atoms with Crippen LogP contribution in [-0.4, -0.2) is 26.2 Å². The predicted octanol–water partition coefficient (Wildman–Crippen LogP) is 0.912. The first-order chi connectivity index (χ1) is 7.77. The quantitative estimate of drug-likeness (QED) is 0.703. The van der Waals surface area contributed by atoms with E-state index in [1.807, 2.05) is 18.2 Å². The van der Waals surface area contributed by atoms with E-state index < -0.39 is 0 Å². The normalized spacial score (nSPS) is 10.1. The molecule has 4 nitrogen and oxygen atoms in total. The molecule has 4 heteroatoms. The molecule has 1 rings (SSSR count). The molecule has 16 heavy (non-hydrogen) atoms. The third-order valence-electron chi connectivity index (χ3n) is 2.24. The van der Waals surface area contributed by atoms with Crippen molar-refractivity contribution in [2.75, 3.05) is 20.3 Å². The van der Waals surface area contributed by atoms with Gasteiger partial charge < -0.3 is 15.8 Å². The lowest BCUT2D eigenvalue weighted by molar-refractivity contribution is 0.0948. The maximum Gasteiger partial charge on any atom is 0.251 e. The Hall–Kier alpha value is -1.39. The van der Waals surface area contributed by atoms with Crippen molar-refractivity contribution in [1.82, 2.24) is 5.32 Å². The van der Waals surface area contributed by atoms with E-state index in [1.54, 1.807) is 13.2 Å². The Bertz CT molecular complexity index is 340. The van der Waals surface area contributed by atoms with E-state index in [4.69, 9.17) is 10.5 Å². The summed E-state index contributed by atoms with van der Waals surface area (Å²) in [7, 11) is 1.65. The van der Waals surface area contributed by atoms with Gasteiger partial charge in [0.05, 0.1) is 0 Å². The van der Waals surface area contributed by atoms with Gasteiger partial charge in [0.1, 0.15) is 0 Å². The van der Waals surface area contributed by atoms with Crippen molar-refractivity contribution in [3.05, 3.63) is 35.4 Å². The van der Waals surface area contributed by atoms with E-state index in [0.717, 1.165) is 12.0 Å². The Morgan fingerprint density at radius 2 is 2.31 bits per heavy atom. The van der Waals surface area contributed by atoms with Gasteiger partial charge in [-0.05, 0) is 24.1 Å². The van der Waals surface area contributed by atoms with Crippen LogP contribution in [-0.2, 0) is 11.3 Å². The van der Waals surface area contributed by atoms with Crippen molar-refractivity contribution >= 4 is 5.91 Å². The molecule has 88 valence electrons. The van der Waals surface area contributed by atoms with E-state index in [0.29, 0.717) is 25.3 Å². The van der Waals surface area contributed by atoms with Crippen molar-refractivity contribution < 1.29 is 9.53 Å². The number of carbonyl (C=O) groups excluding carboxylic acids is 1. The number of benzene rings is 1. The first-order valence-electron chi connectivity index (χ1n) is 5.34. The van der Waals surface area contributed by atoms with Crippen LogP contribution < -0.4 is 11.1 Å². The summed E-state index contributed by atoms with van der Waals surface area (Å²) in [5.74, 6) is -0.0635. The highest BCUT2D eigenvalue weighted by Gasteiger charge is 2.04. The van der Waals surface area contributed by atoms with Crippen LogP contribution in [0.5, 0.6) is 0 Å². The predicted molar refractivity (Wildman–Crippen MR) is 63.2 cm³/mol. The van der Waals surface area contributed by atoms with Crippen LogP contribution in [0, 0.1) is 0 Å². The summed E-state index contributed by atoms with van der Waals surface area (Å²) in [5, 5.41) is 2.83. The Labute approximate surface area is 95.8 Å². The van der Waals surface area contributed by atoms with Crippen molar-refractivity contribution in [2.45, 2.75) is 13.0 Å². The highest BCUT2D eigenvalue weighted by Crippen LogP contribution is 2.04. The van der Waals surface area contributed by atoms with Gasteiger partial charge in [0.25, 0.3) is 5.91 Å². The van der Waals surface area contributed by atoms with Crippen LogP contribution in [0.4, 0.5) is 0 Å². The third kappa shape index (κ3) is 4.00. The lowest BCUT2D eigenvalue weighted by Crippen LogP contribution is -2.25. The molecule has 0 atom stereocenters. The number of hydrogen-bond acceptors (Lipinski definition) is 3. The number of hydrogen-bond donors (Lipinski definition) is 2. The van der Waals surface area contributed by atoms with E-state index in [9.17, 15) is 4.79 Å². The molecule has 3 N–H and O–H groups in total. The van der Waals surface area contributed by atoms with E-state index in [-0.39, 0.29) is 5.91 Å². The molecule has 0 radical (unpaired) electrons. The second kappa shape index (κ2) is 6.98. The van der Waals surface area contributed by atoms with Crippen LogP contribution >= 0.6 is 0 Å². The van der Waals surface area contributed by atoms with Gasteiger partial charge in [0, 0.05) is 32.4 Å². The number of amides is 1. The van der Waals surface area contributed by atoms with Crippen LogP contribution in [0.2, 0.25) is 0 Å². The topological polar surface area (TPSA) is 64.3 Å². The Morgan fingerprint density at radius 3 is 3.00 bits per heavy atom. The SMILES string of the molecule is COCCCNC(=O)c1cccc(CN)c1.